The van der Waals surface area contributed by atoms with Crippen LogP contribution >= 0.6 is 0 Å². The predicted molar refractivity (Wildman–Crippen MR) is 97.6 cm³/mol. The minimum atomic E-state index is -0.680. The molecule has 4 heteroatoms. The van der Waals surface area contributed by atoms with Gasteiger partial charge in [0.25, 0.3) is 5.91 Å². The molecule has 1 N–H and O–H groups in total. The molecule has 24 heavy (non-hydrogen) atoms. The van der Waals surface area contributed by atoms with Crippen LogP contribution in [0.25, 0.3) is 0 Å². The number of benzene rings is 1. The van der Waals surface area contributed by atoms with Gasteiger partial charge in [0.15, 0.2) is 0 Å². The highest BCUT2D eigenvalue weighted by Gasteiger charge is 2.42. The van der Waals surface area contributed by atoms with E-state index in [-0.39, 0.29) is 5.91 Å². The van der Waals surface area contributed by atoms with Gasteiger partial charge in [-0.15, -0.1) is 0 Å². The van der Waals surface area contributed by atoms with Crippen molar-refractivity contribution in [3.63, 3.8) is 0 Å². The maximum atomic E-state index is 13.0. The maximum absolute atomic E-state index is 13.0. The third-order valence-corrected chi connectivity index (χ3v) is 4.68. The summed E-state index contributed by atoms with van der Waals surface area (Å²) in [5.41, 5.74) is 1.15. The summed E-state index contributed by atoms with van der Waals surface area (Å²) in [6, 6.07) is 5.77. The van der Waals surface area contributed by atoms with Gasteiger partial charge < -0.3 is 14.8 Å². The maximum Gasteiger partial charge on any atom is 0.256 e. The first-order valence-electron chi connectivity index (χ1n) is 9.19. The van der Waals surface area contributed by atoms with E-state index in [4.69, 9.17) is 9.47 Å². The third-order valence-electron chi connectivity index (χ3n) is 4.68. The molecule has 0 spiro atoms. The summed E-state index contributed by atoms with van der Waals surface area (Å²) < 4.78 is 11.6. The van der Waals surface area contributed by atoms with Gasteiger partial charge >= 0.3 is 0 Å². The number of carbonyl (C=O) groups is 1. The lowest BCUT2D eigenvalue weighted by molar-refractivity contribution is -0.148. The number of anilines is 1. The number of rotatable bonds is 7. The number of hydrogen-bond acceptors (Lipinski definition) is 3. The second-order valence-corrected chi connectivity index (χ2v) is 6.91. The highest BCUT2D eigenvalue weighted by Crippen LogP contribution is 2.36. The van der Waals surface area contributed by atoms with E-state index in [1.807, 2.05) is 32.0 Å². The van der Waals surface area contributed by atoms with E-state index >= 15 is 0 Å². The first-order chi connectivity index (χ1) is 11.5. The summed E-state index contributed by atoms with van der Waals surface area (Å²) in [5.74, 6) is 1.37. The fourth-order valence-corrected chi connectivity index (χ4v) is 3.49. The van der Waals surface area contributed by atoms with Crippen LogP contribution in [-0.4, -0.2) is 24.7 Å². The van der Waals surface area contributed by atoms with Crippen molar-refractivity contribution in [3.8, 4) is 5.75 Å². The van der Waals surface area contributed by atoms with Crippen molar-refractivity contribution in [3.05, 3.63) is 23.8 Å². The molecule has 1 aromatic carbocycles. The minimum Gasteiger partial charge on any atom is -0.494 e. The Labute approximate surface area is 145 Å². The van der Waals surface area contributed by atoms with Gasteiger partial charge in [-0.2, -0.15) is 0 Å². The second-order valence-electron chi connectivity index (χ2n) is 6.91. The van der Waals surface area contributed by atoms with Gasteiger partial charge in [0.2, 0.25) is 0 Å². The van der Waals surface area contributed by atoms with Crippen LogP contribution in [0.1, 0.15) is 58.4 Å². The molecule has 0 aliphatic heterocycles. The number of nitrogens with one attached hydrogen (secondary N) is 1. The van der Waals surface area contributed by atoms with Crippen molar-refractivity contribution < 1.29 is 14.3 Å². The molecule has 2 rings (SSSR count). The summed E-state index contributed by atoms with van der Waals surface area (Å²) in [6.07, 6.45) is 4.74. The SMILES string of the molecule is CCCO[C@@]1(C(=O)Nc2ccc(OCC)c(C)c2)CCC[C@H](C)C1. The van der Waals surface area contributed by atoms with Crippen molar-refractivity contribution in [2.24, 2.45) is 5.92 Å². The van der Waals surface area contributed by atoms with Crippen LogP contribution in [0.15, 0.2) is 18.2 Å². The lowest BCUT2D eigenvalue weighted by Gasteiger charge is -2.38. The molecule has 0 unspecified atom stereocenters. The van der Waals surface area contributed by atoms with Crippen molar-refractivity contribution >= 4 is 11.6 Å². The molecule has 1 aliphatic rings. The summed E-state index contributed by atoms with van der Waals surface area (Å²) in [5, 5.41) is 3.07. The van der Waals surface area contributed by atoms with Crippen LogP contribution < -0.4 is 10.1 Å². The quantitative estimate of drug-likeness (QED) is 0.786. The lowest BCUT2D eigenvalue weighted by atomic mass is 9.78. The number of aryl methyl sites for hydroxylation is 1. The molecule has 2 atom stereocenters. The Balaban J connectivity index is 2.13. The molecule has 4 nitrogen and oxygen atoms in total. The van der Waals surface area contributed by atoms with Gasteiger partial charge in [0.05, 0.1) is 6.61 Å². The van der Waals surface area contributed by atoms with Crippen molar-refractivity contribution in [1.29, 1.82) is 0 Å². The van der Waals surface area contributed by atoms with E-state index in [0.29, 0.717) is 19.1 Å². The fraction of sp³-hybridized carbons (Fsp3) is 0.650. The van der Waals surface area contributed by atoms with E-state index in [1.165, 1.54) is 6.42 Å². The van der Waals surface area contributed by atoms with Crippen LogP contribution in [-0.2, 0) is 9.53 Å². The second kappa shape index (κ2) is 8.52. The molecule has 1 saturated carbocycles. The number of amides is 1. The molecule has 0 radical (unpaired) electrons. The summed E-state index contributed by atoms with van der Waals surface area (Å²) in [4.78, 5) is 13.0. The molecule has 0 saturated heterocycles. The topological polar surface area (TPSA) is 47.6 Å². The average molecular weight is 333 g/mol. The molecular weight excluding hydrogens is 302 g/mol. The third kappa shape index (κ3) is 4.50. The van der Waals surface area contributed by atoms with E-state index in [1.54, 1.807) is 0 Å². The van der Waals surface area contributed by atoms with Crippen molar-refractivity contribution in [2.75, 3.05) is 18.5 Å². The number of ether oxygens (including phenoxy) is 2. The van der Waals surface area contributed by atoms with Gasteiger partial charge in [0.1, 0.15) is 11.4 Å². The molecule has 1 fully saturated rings. The molecule has 1 aliphatic carbocycles. The summed E-state index contributed by atoms with van der Waals surface area (Å²) in [7, 11) is 0. The van der Waals surface area contributed by atoms with Gasteiger partial charge in [-0.3, -0.25) is 4.79 Å². The largest absolute Gasteiger partial charge is 0.494 e. The summed E-state index contributed by atoms with van der Waals surface area (Å²) >= 11 is 0. The molecule has 134 valence electrons. The monoisotopic (exact) mass is 333 g/mol. The van der Waals surface area contributed by atoms with Crippen molar-refractivity contribution in [2.45, 2.75) is 65.4 Å². The Morgan fingerprint density at radius 3 is 2.79 bits per heavy atom. The first kappa shape index (κ1) is 18.8. The Morgan fingerprint density at radius 1 is 1.38 bits per heavy atom. The van der Waals surface area contributed by atoms with Gasteiger partial charge in [-0.05, 0) is 69.2 Å². The zero-order valence-corrected chi connectivity index (χ0v) is 15.5. The molecule has 1 amide bonds. The van der Waals surface area contributed by atoms with Crippen LogP contribution in [0, 0.1) is 12.8 Å². The molecular formula is C20H31NO3. The van der Waals surface area contributed by atoms with Crippen LogP contribution in [0.2, 0.25) is 0 Å². The van der Waals surface area contributed by atoms with Gasteiger partial charge in [-0.1, -0.05) is 20.3 Å². The van der Waals surface area contributed by atoms with Crippen LogP contribution in [0.3, 0.4) is 0 Å². The van der Waals surface area contributed by atoms with E-state index < -0.39 is 5.60 Å². The zero-order valence-electron chi connectivity index (χ0n) is 15.5. The highest BCUT2D eigenvalue weighted by atomic mass is 16.5. The van der Waals surface area contributed by atoms with E-state index in [0.717, 1.165) is 42.7 Å². The van der Waals surface area contributed by atoms with Crippen molar-refractivity contribution in [1.82, 2.24) is 0 Å². The van der Waals surface area contributed by atoms with E-state index in [9.17, 15) is 4.79 Å². The average Bonchev–Trinajstić information content (AvgIpc) is 2.55. The molecule has 0 bridgehead atoms. The standard InChI is InChI=1S/C20H31NO3/c1-5-12-24-20(11-7-8-15(3)14-20)19(22)21-17-9-10-18(23-6-2)16(4)13-17/h9-10,13,15H,5-8,11-12,14H2,1-4H3,(H,21,22)/t15-,20-/m0/s1. The highest BCUT2D eigenvalue weighted by molar-refractivity contribution is 5.97. The smallest absolute Gasteiger partial charge is 0.256 e. The molecule has 0 heterocycles. The first-order valence-corrected chi connectivity index (χ1v) is 9.19. The lowest BCUT2D eigenvalue weighted by Crippen LogP contribution is -2.48. The Kier molecular flexibility index (Phi) is 6.67. The van der Waals surface area contributed by atoms with E-state index in [2.05, 4.69) is 19.2 Å². The number of carbonyl (C=O) groups excluding carboxylic acids is 1. The van der Waals surface area contributed by atoms with Crippen LogP contribution in [0.5, 0.6) is 5.75 Å². The predicted octanol–water partition coefficient (Wildman–Crippen LogP) is 4.71. The van der Waals surface area contributed by atoms with Crippen LogP contribution in [0.4, 0.5) is 5.69 Å². The Morgan fingerprint density at radius 2 is 2.17 bits per heavy atom. The van der Waals surface area contributed by atoms with Gasteiger partial charge in [-0.25, -0.2) is 0 Å². The fourth-order valence-electron chi connectivity index (χ4n) is 3.49. The van der Waals surface area contributed by atoms with Gasteiger partial charge in [0, 0.05) is 12.3 Å². The minimum absolute atomic E-state index is 0.00828. The number of hydrogen-bond donors (Lipinski definition) is 1. The Hall–Kier alpha value is -1.55. The zero-order chi connectivity index (χ0) is 17.6. The molecule has 1 aromatic rings. The normalized spacial score (nSPS) is 23.8. The Bertz CT molecular complexity index is 558. The molecule has 0 aromatic heterocycles. The summed E-state index contributed by atoms with van der Waals surface area (Å²) in [6.45, 7) is 9.51.